The van der Waals surface area contributed by atoms with Crippen LogP contribution < -0.4 is 5.32 Å². The zero-order valence-electron chi connectivity index (χ0n) is 14.0. The maximum absolute atomic E-state index is 4.23. The number of benzene rings is 1. The van der Waals surface area contributed by atoms with Crippen molar-refractivity contribution in [1.82, 2.24) is 14.5 Å². The molecule has 1 fully saturated rings. The van der Waals surface area contributed by atoms with E-state index in [2.05, 4.69) is 51.7 Å². The summed E-state index contributed by atoms with van der Waals surface area (Å²) < 4.78 is 1.89. The van der Waals surface area contributed by atoms with E-state index in [0.717, 1.165) is 18.5 Å². The van der Waals surface area contributed by atoms with Gasteiger partial charge in [0.25, 0.3) is 0 Å². The summed E-state index contributed by atoms with van der Waals surface area (Å²) in [5.41, 5.74) is 4.99. The van der Waals surface area contributed by atoms with Crippen LogP contribution in [0.3, 0.4) is 0 Å². The van der Waals surface area contributed by atoms with Gasteiger partial charge in [-0.3, -0.25) is 0 Å². The average molecular weight is 320 g/mol. The number of nitrogens with zero attached hydrogens (tertiary/aromatic N) is 3. The molecule has 1 saturated heterocycles. The predicted molar refractivity (Wildman–Crippen MR) is 98.3 cm³/mol. The van der Waals surface area contributed by atoms with Crippen molar-refractivity contribution < 1.29 is 0 Å². The fourth-order valence-electron chi connectivity index (χ4n) is 3.36. The Morgan fingerprint density at radius 3 is 2.62 bits per heavy atom. The Labute approximate surface area is 143 Å². The molecule has 1 aliphatic rings. The van der Waals surface area contributed by atoms with Gasteiger partial charge in [-0.2, -0.15) is 5.10 Å². The quantitative estimate of drug-likeness (QED) is 0.753. The van der Waals surface area contributed by atoms with Gasteiger partial charge in [0.05, 0.1) is 5.52 Å². The molecule has 0 radical (unpaired) electrons. The van der Waals surface area contributed by atoms with E-state index in [-0.39, 0.29) is 0 Å². The molecule has 0 aliphatic carbocycles. The summed E-state index contributed by atoms with van der Waals surface area (Å²) in [4.78, 5) is 2.57. The fourth-order valence-corrected chi connectivity index (χ4v) is 3.36. The first-order chi connectivity index (χ1) is 11.9. The third kappa shape index (κ3) is 3.60. The van der Waals surface area contributed by atoms with Crippen LogP contribution in [0.2, 0.25) is 0 Å². The molecule has 0 saturated carbocycles. The molecule has 4 rings (SSSR count). The third-order valence-corrected chi connectivity index (χ3v) is 4.83. The standard InChI is InChI=1S/C20H24N4/c1-2-12-23(11-1)13-8-17-3-5-19(6-4-17)21-16-18-9-14-24-20(15-18)7-10-22-24/h3-7,9-10,14-15,21H,1-2,8,11-13,16H2. The summed E-state index contributed by atoms with van der Waals surface area (Å²) in [6, 6.07) is 15.2. The van der Waals surface area contributed by atoms with E-state index in [1.807, 2.05) is 23.0 Å². The van der Waals surface area contributed by atoms with Gasteiger partial charge in [-0.15, -0.1) is 0 Å². The number of aromatic nitrogens is 2. The highest BCUT2D eigenvalue weighted by molar-refractivity contribution is 5.49. The molecule has 0 bridgehead atoms. The number of rotatable bonds is 6. The molecule has 24 heavy (non-hydrogen) atoms. The minimum Gasteiger partial charge on any atom is -0.381 e. The molecule has 1 aromatic carbocycles. The fraction of sp³-hybridized carbons (Fsp3) is 0.350. The van der Waals surface area contributed by atoms with Gasteiger partial charge in [-0.25, -0.2) is 4.52 Å². The van der Waals surface area contributed by atoms with Gasteiger partial charge < -0.3 is 10.2 Å². The molecule has 1 N–H and O–H groups in total. The predicted octanol–water partition coefficient (Wildman–Crippen LogP) is 3.58. The van der Waals surface area contributed by atoms with Crippen LogP contribution in [0.25, 0.3) is 5.52 Å². The van der Waals surface area contributed by atoms with E-state index in [9.17, 15) is 0 Å². The lowest BCUT2D eigenvalue weighted by atomic mass is 10.1. The Kier molecular flexibility index (Phi) is 4.47. The first kappa shape index (κ1) is 15.2. The molecule has 4 heteroatoms. The van der Waals surface area contributed by atoms with Crippen LogP contribution in [0.5, 0.6) is 0 Å². The van der Waals surface area contributed by atoms with E-state index in [0.29, 0.717) is 0 Å². The third-order valence-electron chi connectivity index (χ3n) is 4.83. The first-order valence-corrected chi connectivity index (χ1v) is 8.84. The minimum atomic E-state index is 0.828. The Bertz CT molecular complexity index is 785. The van der Waals surface area contributed by atoms with E-state index in [4.69, 9.17) is 0 Å². The highest BCUT2D eigenvalue weighted by Gasteiger charge is 2.10. The van der Waals surface area contributed by atoms with Crippen molar-refractivity contribution in [2.24, 2.45) is 0 Å². The van der Waals surface area contributed by atoms with Crippen molar-refractivity contribution in [3.63, 3.8) is 0 Å². The largest absolute Gasteiger partial charge is 0.381 e. The van der Waals surface area contributed by atoms with Crippen LogP contribution in [0.1, 0.15) is 24.0 Å². The number of likely N-dealkylation sites (tertiary alicyclic amines) is 1. The number of hydrogen-bond acceptors (Lipinski definition) is 3. The second kappa shape index (κ2) is 7.05. The maximum Gasteiger partial charge on any atom is 0.0664 e. The normalized spacial score (nSPS) is 15.2. The second-order valence-corrected chi connectivity index (χ2v) is 6.58. The number of nitrogens with one attached hydrogen (secondary N) is 1. The van der Waals surface area contributed by atoms with Crippen LogP contribution in [0.4, 0.5) is 5.69 Å². The van der Waals surface area contributed by atoms with Gasteiger partial charge in [0.1, 0.15) is 0 Å². The molecule has 0 spiro atoms. The van der Waals surface area contributed by atoms with E-state index in [1.54, 1.807) is 0 Å². The highest BCUT2D eigenvalue weighted by atomic mass is 15.2. The monoisotopic (exact) mass is 320 g/mol. The highest BCUT2D eigenvalue weighted by Crippen LogP contribution is 2.14. The van der Waals surface area contributed by atoms with E-state index < -0.39 is 0 Å². The first-order valence-electron chi connectivity index (χ1n) is 8.84. The van der Waals surface area contributed by atoms with Gasteiger partial charge in [-0.1, -0.05) is 12.1 Å². The Morgan fingerprint density at radius 2 is 1.79 bits per heavy atom. The number of fused-ring (bicyclic) bond motifs is 1. The SMILES string of the molecule is c1cc2cc(CNc3ccc(CCN4CCCC4)cc3)ccn2n1. The summed E-state index contributed by atoms with van der Waals surface area (Å²) in [6.07, 6.45) is 7.72. The molecular weight excluding hydrogens is 296 g/mol. The zero-order chi connectivity index (χ0) is 16.2. The average Bonchev–Trinajstić information content (AvgIpc) is 3.30. The molecule has 3 aromatic rings. The van der Waals surface area contributed by atoms with E-state index >= 15 is 0 Å². The minimum absolute atomic E-state index is 0.828. The summed E-state index contributed by atoms with van der Waals surface area (Å²) in [5.74, 6) is 0. The van der Waals surface area contributed by atoms with Crippen molar-refractivity contribution in [3.05, 3.63) is 66.0 Å². The van der Waals surface area contributed by atoms with Gasteiger partial charge in [-0.05, 0) is 73.8 Å². The van der Waals surface area contributed by atoms with Gasteiger partial charge >= 0.3 is 0 Å². The van der Waals surface area contributed by atoms with Crippen molar-refractivity contribution in [3.8, 4) is 0 Å². The Balaban J connectivity index is 1.31. The molecule has 0 atom stereocenters. The second-order valence-electron chi connectivity index (χ2n) is 6.58. The Hall–Kier alpha value is -2.33. The van der Waals surface area contributed by atoms with Gasteiger partial charge in [0.15, 0.2) is 0 Å². The number of hydrogen-bond donors (Lipinski definition) is 1. The molecule has 124 valence electrons. The number of pyridine rings is 1. The van der Waals surface area contributed by atoms with Crippen molar-refractivity contribution in [2.75, 3.05) is 25.0 Å². The summed E-state index contributed by atoms with van der Waals surface area (Å²) in [7, 11) is 0. The maximum atomic E-state index is 4.23. The number of anilines is 1. The summed E-state index contributed by atoms with van der Waals surface area (Å²) in [5, 5.41) is 7.73. The molecule has 0 amide bonds. The van der Waals surface area contributed by atoms with Crippen LogP contribution in [0.15, 0.2) is 54.9 Å². The van der Waals surface area contributed by atoms with Crippen molar-refractivity contribution >= 4 is 11.2 Å². The van der Waals surface area contributed by atoms with Crippen LogP contribution in [-0.2, 0) is 13.0 Å². The van der Waals surface area contributed by atoms with Crippen molar-refractivity contribution in [2.45, 2.75) is 25.8 Å². The molecule has 1 aliphatic heterocycles. The van der Waals surface area contributed by atoms with Crippen molar-refractivity contribution in [1.29, 1.82) is 0 Å². The van der Waals surface area contributed by atoms with Gasteiger partial charge in [0.2, 0.25) is 0 Å². The Morgan fingerprint density at radius 1 is 0.958 bits per heavy atom. The molecule has 3 heterocycles. The molecule has 2 aromatic heterocycles. The molecule has 0 unspecified atom stereocenters. The lowest BCUT2D eigenvalue weighted by Crippen LogP contribution is -2.21. The van der Waals surface area contributed by atoms with Crippen LogP contribution >= 0.6 is 0 Å². The van der Waals surface area contributed by atoms with Gasteiger partial charge in [0, 0.05) is 31.2 Å². The van der Waals surface area contributed by atoms with E-state index in [1.165, 1.54) is 49.3 Å². The topological polar surface area (TPSA) is 32.6 Å². The van der Waals surface area contributed by atoms with Crippen LogP contribution in [0, 0.1) is 0 Å². The molecular formula is C20H24N4. The lowest BCUT2D eigenvalue weighted by Gasteiger charge is -2.14. The molecule has 4 nitrogen and oxygen atoms in total. The lowest BCUT2D eigenvalue weighted by molar-refractivity contribution is 0.343. The van der Waals surface area contributed by atoms with Crippen LogP contribution in [-0.4, -0.2) is 34.1 Å². The summed E-state index contributed by atoms with van der Waals surface area (Å²) >= 11 is 0. The summed E-state index contributed by atoms with van der Waals surface area (Å²) in [6.45, 7) is 4.58. The zero-order valence-corrected chi connectivity index (χ0v) is 14.0. The smallest absolute Gasteiger partial charge is 0.0664 e.